The molecule has 1 fully saturated rings. The first-order valence-electron chi connectivity index (χ1n) is 13.1. The lowest BCUT2D eigenvalue weighted by molar-refractivity contribution is -0.129. The Morgan fingerprint density at radius 3 is 2.20 bits per heavy atom. The molecule has 0 unspecified atom stereocenters. The van der Waals surface area contributed by atoms with Gasteiger partial charge in [0.15, 0.2) is 0 Å². The maximum Gasteiger partial charge on any atom is 0.406 e. The number of amides is 3. The predicted octanol–water partition coefficient (Wildman–Crippen LogP) is 2.93. The summed E-state index contributed by atoms with van der Waals surface area (Å²) >= 11 is 0. The number of hydrogen-bond acceptors (Lipinski definition) is 9. The highest BCUT2D eigenvalue weighted by Crippen LogP contribution is 3.02. The SMILES string of the molecule is COC(=O)NCCNc1nc2n(CC(=O)Nc3ccc(S(F)(F)(F)(F)F)cc3)c(C)c(N3CCN(C(C)=O)CC3)c(=O)n2n1. The minimum absolute atomic E-state index is 0.00698. The van der Waals surface area contributed by atoms with Crippen molar-refractivity contribution in [3.63, 3.8) is 0 Å². The van der Waals surface area contributed by atoms with Crippen molar-refractivity contribution >= 4 is 51.2 Å². The second kappa shape index (κ2) is 11.1. The summed E-state index contributed by atoms with van der Waals surface area (Å²) in [6.45, 7) is 4.11. The number of piperazine rings is 1. The van der Waals surface area contributed by atoms with Gasteiger partial charge in [0.05, 0.1) is 7.11 Å². The largest absolute Gasteiger partial charge is 0.453 e. The van der Waals surface area contributed by atoms with Crippen LogP contribution in [0.15, 0.2) is 34.0 Å². The summed E-state index contributed by atoms with van der Waals surface area (Å²) in [5.41, 5.74) is -0.211. The van der Waals surface area contributed by atoms with Crippen LogP contribution in [0.5, 0.6) is 0 Å². The van der Waals surface area contributed by atoms with Crippen LogP contribution in [0.4, 0.5) is 41.5 Å². The molecule has 44 heavy (non-hydrogen) atoms. The molecule has 20 heteroatoms. The standard InChI is InChI=1S/C24H30F5N9O5S/c1-15-20(36-12-10-35(11-13-36)16(2)39)21(41)38-23(33-22(34-38)30-8-9-31-24(42)43-3)37(15)14-19(40)32-17-4-6-18(7-5-17)44(25,26,27,28)29/h4-7H,8-14H2,1-3H3,(H,30,34)(H,31,42)(H,32,40). The molecule has 3 aromatic rings. The van der Waals surface area contributed by atoms with Crippen molar-refractivity contribution in [2.24, 2.45) is 0 Å². The zero-order valence-corrected chi connectivity index (χ0v) is 24.6. The maximum atomic E-state index is 13.6. The number of hydrogen-bond donors (Lipinski definition) is 3. The molecular formula is C24H30F5N9O5S. The van der Waals surface area contributed by atoms with Gasteiger partial charge in [0.25, 0.3) is 5.56 Å². The molecule has 1 aromatic carbocycles. The van der Waals surface area contributed by atoms with E-state index in [4.69, 9.17) is 0 Å². The number of halogens is 5. The number of fused-ring (bicyclic) bond motifs is 1. The summed E-state index contributed by atoms with van der Waals surface area (Å²) < 4.78 is 72.2. The fraction of sp³-hybridized carbons (Fsp3) is 0.417. The van der Waals surface area contributed by atoms with Crippen molar-refractivity contribution in [2.45, 2.75) is 25.3 Å². The number of ether oxygens (including phenoxy) is 1. The molecule has 2 aromatic heterocycles. The van der Waals surface area contributed by atoms with Crippen molar-refractivity contribution in [1.82, 2.24) is 29.4 Å². The summed E-state index contributed by atoms with van der Waals surface area (Å²) in [5.74, 6) is -0.931. The molecule has 0 bridgehead atoms. The fourth-order valence-electron chi connectivity index (χ4n) is 4.57. The van der Waals surface area contributed by atoms with Gasteiger partial charge in [-0.15, -0.1) is 5.10 Å². The van der Waals surface area contributed by atoms with Gasteiger partial charge in [-0.2, -0.15) is 9.50 Å². The number of alkyl carbamates (subject to hydrolysis) is 1. The summed E-state index contributed by atoms with van der Waals surface area (Å²) in [6.07, 6.45) is -0.659. The zero-order chi connectivity index (χ0) is 32.5. The first-order chi connectivity index (χ1) is 20.4. The highest BCUT2D eigenvalue weighted by Gasteiger charge is 2.65. The van der Waals surface area contributed by atoms with Crippen molar-refractivity contribution < 1.29 is 38.5 Å². The van der Waals surface area contributed by atoms with Gasteiger partial charge in [0.2, 0.25) is 23.5 Å². The Hall–Kier alpha value is -4.62. The summed E-state index contributed by atoms with van der Waals surface area (Å²) in [5, 5.41) is 11.9. The lowest BCUT2D eigenvalue weighted by atomic mass is 10.2. The lowest BCUT2D eigenvalue weighted by Gasteiger charge is -2.40. The molecule has 0 saturated carbocycles. The molecule has 3 N–H and O–H groups in total. The van der Waals surface area contributed by atoms with Gasteiger partial charge >= 0.3 is 16.3 Å². The van der Waals surface area contributed by atoms with Gasteiger partial charge in [-0.05, 0) is 31.2 Å². The van der Waals surface area contributed by atoms with E-state index in [0.29, 0.717) is 44.0 Å². The number of carbonyl (C=O) groups excluding carboxylic acids is 3. The Bertz CT molecular complexity index is 1660. The molecule has 3 amide bonds. The van der Waals surface area contributed by atoms with Gasteiger partial charge < -0.3 is 35.1 Å². The number of nitrogens with zero attached hydrogens (tertiary/aromatic N) is 6. The van der Waals surface area contributed by atoms with Crippen molar-refractivity contribution in [3.8, 4) is 0 Å². The highest BCUT2D eigenvalue weighted by molar-refractivity contribution is 8.45. The first-order valence-corrected chi connectivity index (χ1v) is 15.0. The van der Waals surface area contributed by atoms with Crippen LogP contribution in [0.2, 0.25) is 0 Å². The second-order valence-electron chi connectivity index (χ2n) is 9.85. The maximum absolute atomic E-state index is 13.6. The van der Waals surface area contributed by atoms with Crippen LogP contribution in [0.1, 0.15) is 12.6 Å². The molecule has 0 aliphatic carbocycles. The van der Waals surface area contributed by atoms with Gasteiger partial charge in [0, 0.05) is 57.6 Å². The number of nitrogens with one attached hydrogen (secondary N) is 3. The van der Waals surface area contributed by atoms with E-state index in [-0.39, 0.29) is 54.2 Å². The number of benzene rings is 1. The van der Waals surface area contributed by atoms with E-state index in [1.54, 1.807) is 16.7 Å². The van der Waals surface area contributed by atoms with E-state index in [0.717, 1.165) is 4.52 Å². The number of aromatic nitrogens is 4. The predicted molar refractivity (Wildman–Crippen MR) is 152 cm³/mol. The van der Waals surface area contributed by atoms with E-state index in [9.17, 15) is 38.6 Å². The van der Waals surface area contributed by atoms with Crippen LogP contribution in [0.3, 0.4) is 0 Å². The van der Waals surface area contributed by atoms with Crippen LogP contribution < -0.4 is 26.4 Å². The lowest BCUT2D eigenvalue weighted by Crippen LogP contribution is -2.50. The fourth-order valence-corrected chi connectivity index (χ4v) is 5.22. The summed E-state index contributed by atoms with van der Waals surface area (Å²) in [7, 11) is -8.69. The number of methoxy groups -OCH3 is 1. The van der Waals surface area contributed by atoms with Crippen molar-refractivity contribution in [1.29, 1.82) is 0 Å². The van der Waals surface area contributed by atoms with Gasteiger partial charge in [0.1, 0.15) is 17.1 Å². The topological polar surface area (TPSA) is 155 Å². The molecule has 242 valence electrons. The molecule has 0 atom stereocenters. The molecule has 0 radical (unpaired) electrons. The Kier molecular flexibility index (Phi) is 8.18. The third-order valence-electron chi connectivity index (χ3n) is 6.76. The zero-order valence-electron chi connectivity index (χ0n) is 23.8. The second-order valence-corrected chi connectivity index (χ2v) is 12.3. The molecule has 1 aliphatic heterocycles. The molecule has 1 saturated heterocycles. The van der Waals surface area contributed by atoms with E-state index >= 15 is 0 Å². The molecule has 4 rings (SSSR count). The first kappa shape index (κ1) is 32.3. The van der Waals surface area contributed by atoms with Gasteiger partial charge in [-0.25, -0.2) is 4.79 Å². The van der Waals surface area contributed by atoms with Crippen LogP contribution in [0.25, 0.3) is 5.78 Å². The Balaban J connectivity index is 1.64. The normalized spacial score (nSPS) is 15.4. The molecule has 3 heterocycles. The molecule has 0 spiro atoms. The minimum atomic E-state index is -9.89. The van der Waals surface area contributed by atoms with Gasteiger partial charge in [-0.1, -0.05) is 19.4 Å². The van der Waals surface area contributed by atoms with Crippen LogP contribution >= 0.6 is 10.2 Å². The van der Waals surface area contributed by atoms with Crippen molar-refractivity contribution in [3.05, 3.63) is 40.3 Å². The smallest absolute Gasteiger partial charge is 0.406 e. The Morgan fingerprint density at radius 1 is 1.00 bits per heavy atom. The average Bonchev–Trinajstić information content (AvgIpc) is 3.37. The molecular weight excluding hydrogens is 621 g/mol. The number of carbonyl (C=O) groups is 3. The van der Waals surface area contributed by atoms with E-state index in [1.807, 2.05) is 0 Å². The average molecular weight is 652 g/mol. The molecule has 14 nitrogen and oxygen atoms in total. The van der Waals surface area contributed by atoms with E-state index < -0.39 is 39.2 Å². The van der Waals surface area contributed by atoms with Crippen molar-refractivity contribution in [2.75, 3.05) is 61.9 Å². The third-order valence-corrected chi connectivity index (χ3v) is 7.93. The van der Waals surface area contributed by atoms with Crippen LogP contribution in [0, 0.1) is 6.92 Å². The Morgan fingerprint density at radius 2 is 1.64 bits per heavy atom. The monoisotopic (exact) mass is 651 g/mol. The van der Waals surface area contributed by atoms with Crippen LogP contribution in [-0.4, -0.2) is 88.4 Å². The Labute approximate surface area is 246 Å². The quantitative estimate of drug-likeness (QED) is 0.234. The number of rotatable bonds is 9. The van der Waals surface area contributed by atoms with E-state index in [2.05, 4.69) is 30.8 Å². The highest BCUT2D eigenvalue weighted by atomic mass is 32.5. The summed E-state index contributed by atoms with van der Waals surface area (Å²) in [6, 6.07) is 1.79. The van der Waals surface area contributed by atoms with Gasteiger partial charge in [-0.3, -0.25) is 14.4 Å². The molecule has 1 aliphatic rings. The minimum Gasteiger partial charge on any atom is -0.453 e. The summed E-state index contributed by atoms with van der Waals surface area (Å²) in [4.78, 5) is 55.3. The number of anilines is 3. The van der Waals surface area contributed by atoms with Crippen LogP contribution in [-0.2, 0) is 20.9 Å². The third kappa shape index (κ3) is 7.29. The van der Waals surface area contributed by atoms with E-state index in [1.165, 1.54) is 18.6 Å².